The standard InChI is InChI=1S/C8H6N2O2S2/c1-12-8(11)6(5-9)10-14-7-3-2-4-13-7/h2-4H,1H3/b10-6+. The van der Waals surface area contributed by atoms with Crippen LogP contribution in [-0.4, -0.2) is 18.8 Å². The lowest BCUT2D eigenvalue weighted by molar-refractivity contribution is -0.132. The fourth-order valence-corrected chi connectivity index (χ4v) is 1.94. The van der Waals surface area contributed by atoms with Crippen molar-refractivity contribution in [2.24, 2.45) is 4.40 Å². The van der Waals surface area contributed by atoms with E-state index in [4.69, 9.17) is 5.26 Å². The van der Waals surface area contributed by atoms with Crippen LogP contribution in [0.15, 0.2) is 26.1 Å². The Morgan fingerprint density at radius 2 is 2.57 bits per heavy atom. The van der Waals surface area contributed by atoms with E-state index < -0.39 is 5.97 Å². The maximum atomic E-state index is 10.9. The lowest BCUT2D eigenvalue weighted by Crippen LogP contribution is -2.12. The summed E-state index contributed by atoms with van der Waals surface area (Å²) in [5, 5.41) is 10.5. The van der Waals surface area contributed by atoms with Gasteiger partial charge in [0.1, 0.15) is 6.07 Å². The smallest absolute Gasteiger partial charge is 0.368 e. The predicted octanol–water partition coefficient (Wildman–Crippen LogP) is 1.89. The second kappa shape index (κ2) is 5.42. The van der Waals surface area contributed by atoms with Crippen molar-refractivity contribution in [3.05, 3.63) is 17.5 Å². The molecule has 0 fully saturated rings. The van der Waals surface area contributed by atoms with Crippen LogP contribution in [0.5, 0.6) is 0 Å². The number of thiophene rings is 1. The molecule has 1 aromatic heterocycles. The molecule has 0 amide bonds. The van der Waals surface area contributed by atoms with Gasteiger partial charge in [0.15, 0.2) is 0 Å². The Balaban J connectivity index is 2.67. The summed E-state index contributed by atoms with van der Waals surface area (Å²) in [5.41, 5.74) is -0.231. The Labute approximate surface area is 89.4 Å². The van der Waals surface area contributed by atoms with Gasteiger partial charge in [0, 0.05) is 11.9 Å². The number of methoxy groups -OCH3 is 1. The lowest BCUT2D eigenvalue weighted by atomic mass is 10.4. The quantitative estimate of drug-likeness (QED) is 0.448. The van der Waals surface area contributed by atoms with Crippen LogP contribution in [0, 0.1) is 11.3 Å². The molecule has 0 aliphatic carbocycles. The molecule has 0 aliphatic rings. The molecule has 0 atom stereocenters. The minimum Gasteiger partial charge on any atom is -0.464 e. The molecular formula is C8H6N2O2S2. The SMILES string of the molecule is COC(=O)/C(C#N)=N/Sc1cccs1. The normalized spacial score (nSPS) is 10.7. The fourth-order valence-electron chi connectivity index (χ4n) is 0.606. The van der Waals surface area contributed by atoms with Gasteiger partial charge >= 0.3 is 5.97 Å². The van der Waals surface area contributed by atoms with Crippen molar-refractivity contribution in [1.29, 1.82) is 5.26 Å². The first kappa shape index (κ1) is 10.8. The highest BCUT2D eigenvalue weighted by Gasteiger charge is 2.10. The molecule has 0 saturated carbocycles. The summed E-state index contributed by atoms with van der Waals surface area (Å²) >= 11 is 2.58. The number of ether oxygens (including phenoxy) is 1. The minimum absolute atomic E-state index is 0.231. The molecule has 1 heterocycles. The summed E-state index contributed by atoms with van der Waals surface area (Å²) in [6, 6.07) is 5.39. The fraction of sp³-hybridized carbons (Fsp3) is 0.125. The van der Waals surface area contributed by atoms with Crippen LogP contribution >= 0.6 is 23.3 Å². The second-order valence-electron chi connectivity index (χ2n) is 2.07. The highest BCUT2D eigenvalue weighted by Crippen LogP contribution is 2.24. The Hall–Kier alpha value is -1.32. The Bertz CT molecular complexity index is 379. The number of carbonyl (C=O) groups is 1. The zero-order valence-corrected chi connectivity index (χ0v) is 8.89. The third-order valence-corrected chi connectivity index (χ3v) is 2.97. The van der Waals surface area contributed by atoms with Gasteiger partial charge in [-0.2, -0.15) is 9.66 Å². The topological polar surface area (TPSA) is 62.5 Å². The average Bonchev–Trinajstić information content (AvgIpc) is 2.71. The zero-order valence-electron chi connectivity index (χ0n) is 7.26. The summed E-state index contributed by atoms with van der Waals surface area (Å²) in [6.45, 7) is 0. The Morgan fingerprint density at radius 1 is 1.79 bits per heavy atom. The van der Waals surface area contributed by atoms with Crippen LogP contribution in [0.25, 0.3) is 0 Å². The first-order chi connectivity index (χ1) is 6.77. The number of rotatable bonds is 3. The Morgan fingerprint density at radius 3 is 3.07 bits per heavy atom. The number of nitriles is 1. The van der Waals surface area contributed by atoms with Gasteiger partial charge < -0.3 is 4.74 Å². The molecule has 14 heavy (non-hydrogen) atoms. The van der Waals surface area contributed by atoms with Crippen molar-refractivity contribution in [2.45, 2.75) is 4.21 Å². The van der Waals surface area contributed by atoms with E-state index in [-0.39, 0.29) is 5.71 Å². The predicted molar refractivity (Wildman–Crippen MR) is 55.2 cm³/mol. The van der Waals surface area contributed by atoms with Crippen LogP contribution < -0.4 is 0 Å². The van der Waals surface area contributed by atoms with Crippen LogP contribution in [0.3, 0.4) is 0 Å². The lowest BCUT2D eigenvalue weighted by Gasteiger charge is -1.93. The maximum Gasteiger partial charge on any atom is 0.368 e. The number of carbonyl (C=O) groups excluding carboxylic acids is 1. The second-order valence-corrected chi connectivity index (χ2v) is 4.08. The molecule has 0 saturated heterocycles. The molecule has 4 nitrogen and oxygen atoms in total. The molecular weight excluding hydrogens is 220 g/mol. The molecule has 0 aromatic carbocycles. The van der Waals surface area contributed by atoms with E-state index in [0.717, 1.165) is 16.2 Å². The van der Waals surface area contributed by atoms with Crippen LogP contribution in [-0.2, 0) is 9.53 Å². The largest absolute Gasteiger partial charge is 0.464 e. The monoisotopic (exact) mass is 226 g/mol. The number of hydrogen-bond donors (Lipinski definition) is 0. The summed E-state index contributed by atoms with van der Waals surface area (Å²) in [4.78, 5) is 10.9. The average molecular weight is 226 g/mol. The van der Waals surface area contributed by atoms with E-state index in [0.29, 0.717) is 0 Å². The van der Waals surface area contributed by atoms with Crippen molar-refractivity contribution in [2.75, 3.05) is 7.11 Å². The number of nitrogens with zero attached hydrogens (tertiary/aromatic N) is 2. The zero-order chi connectivity index (χ0) is 10.4. The van der Waals surface area contributed by atoms with E-state index in [9.17, 15) is 4.79 Å². The van der Waals surface area contributed by atoms with Crippen molar-refractivity contribution < 1.29 is 9.53 Å². The molecule has 0 bridgehead atoms. The molecule has 72 valence electrons. The third-order valence-electron chi connectivity index (χ3n) is 1.21. The van der Waals surface area contributed by atoms with Crippen molar-refractivity contribution >= 4 is 35.0 Å². The molecule has 1 aromatic rings. The summed E-state index contributed by atoms with van der Waals surface area (Å²) in [5.74, 6) is -0.712. The van der Waals surface area contributed by atoms with E-state index in [1.54, 1.807) is 6.07 Å². The van der Waals surface area contributed by atoms with Crippen molar-refractivity contribution in [3.8, 4) is 6.07 Å². The van der Waals surface area contributed by atoms with E-state index in [1.165, 1.54) is 18.4 Å². The highest BCUT2D eigenvalue weighted by molar-refractivity contribution is 8.00. The minimum atomic E-state index is -0.712. The Kier molecular flexibility index (Phi) is 4.16. The van der Waals surface area contributed by atoms with Crippen LogP contribution in [0.2, 0.25) is 0 Å². The van der Waals surface area contributed by atoms with Gasteiger partial charge in [0.25, 0.3) is 0 Å². The summed E-state index contributed by atoms with van der Waals surface area (Å²) in [7, 11) is 1.21. The van der Waals surface area contributed by atoms with Crippen molar-refractivity contribution in [1.82, 2.24) is 0 Å². The van der Waals surface area contributed by atoms with E-state index in [2.05, 4.69) is 9.13 Å². The van der Waals surface area contributed by atoms with Gasteiger partial charge in [-0.05, 0) is 11.4 Å². The van der Waals surface area contributed by atoms with E-state index >= 15 is 0 Å². The van der Waals surface area contributed by atoms with Gasteiger partial charge in [0.05, 0.1) is 11.3 Å². The molecule has 6 heteroatoms. The van der Waals surface area contributed by atoms with Gasteiger partial charge in [0.2, 0.25) is 5.71 Å². The molecule has 0 unspecified atom stereocenters. The molecule has 0 radical (unpaired) electrons. The molecule has 0 N–H and O–H groups in total. The van der Waals surface area contributed by atoms with Gasteiger partial charge in [-0.1, -0.05) is 6.07 Å². The van der Waals surface area contributed by atoms with Gasteiger partial charge in [-0.25, -0.2) is 4.79 Å². The van der Waals surface area contributed by atoms with Gasteiger partial charge in [-0.3, -0.25) is 0 Å². The first-order valence-corrected chi connectivity index (χ1v) is 5.20. The first-order valence-electron chi connectivity index (χ1n) is 3.55. The maximum absolute atomic E-state index is 10.9. The van der Waals surface area contributed by atoms with Crippen LogP contribution in [0.4, 0.5) is 0 Å². The highest BCUT2D eigenvalue weighted by atomic mass is 32.2. The summed E-state index contributed by atoms with van der Waals surface area (Å²) < 4.78 is 9.05. The summed E-state index contributed by atoms with van der Waals surface area (Å²) in [6.07, 6.45) is 0. The molecule has 0 spiro atoms. The van der Waals surface area contributed by atoms with E-state index in [1.807, 2.05) is 17.5 Å². The number of esters is 1. The molecule has 0 aliphatic heterocycles. The van der Waals surface area contributed by atoms with Crippen molar-refractivity contribution in [3.63, 3.8) is 0 Å². The van der Waals surface area contributed by atoms with Gasteiger partial charge in [-0.15, -0.1) is 11.3 Å². The molecule has 1 rings (SSSR count). The van der Waals surface area contributed by atoms with Crippen LogP contribution in [0.1, 0.15) is 0 Å². The number of hydrogen-bond acceptors (Lipinski definition) is 6. The third kappa shape index (κ3) is 2.87.